The molecule has 6 heteroatoms. The average Bonchev–Trinajstić information content (AvgIpc) is 3.10. The summed E-state index contributed by atoms with van der Waals surface area (Å²) in [6.45, 7) is 7.09. The Labute approximate surface area is 153 Å². The summed E-state index contributed by atoms with van der Waals surface area (Å²) in [4.78, 5) is 23.4. The molecule has 0 radical (unpaired) electrons. The number of halogens is 1. The Kier molecular flexibility index (Phi) is 4.36. The van der Waals surface area contributed by atoms with E-state index in [1.54, 1.807) is 23.4 Å². The lowest BCUT2D eigenvalue weighted by Crippen LogP contribution is -2.53. The van der Waals surface area contributed by atoms with Crippen molar-refractivity contribution in [2.24, 2.45) is 0 Å². The van der Waals surface area contributed by atoms with Crippen LogP contribution >= 0.6 is 0 Å². The number of hydrogen-bond acceptors (Lipinski definition) is 3. The monoisotopic (exact) mass is 354 g/mol. The summed E-state index contributed by atoms with van der Waals surface area (Å²) in [5.41, 5.74) is 2.97. The fraction of sp³-hybridized carbons (Fsp3) is 0.400. The van der Waals surface area contributed by atoms with Gasteiger partial charge in [-0.3, -0.25) is 14.8 Å². The van der Waals surface area contributed by atoms with E-state index in [-0.39, 0.29) is 17.9 Å². The molecule has 1 aromatic heterocycles. The molecular formula is C20H23FN4O. The quantitative estimate of drug-likeness (QED) is 0.846. The summed E-state index contributed by atoms with van der Waals surface area (Å²) >= 11 is 0. The SMILES string of the molecule is CCN1CCC(N2C(=O)N(c3c(C)cccc3F)Cc3cnccc32)C1. The number of carbonyl (C=O) groups excluding carboxylic acids is 1. The maximum Gasteiger partial charge on any atom is 0.329 e. The number of pyridine rings is 1. The molecule has 2 aliphatic heterocycles. The number of aromatic nitrogens is 1. The second-order valence-corrected chi connectivity index (χ2v) is 6.98. The van der Waals surface area contributed by atoms with Gasteiger partial charge in [0, 0.05) is 31.0 Å². The highest BCUT2D eigenvalue weighted by molar-refractivity contribution is 6.07. The van der Waals surface area contributed by atoms with Crippen LogP contribution in [-0.2, 0) is 6.54 Å². The molecule has 1 unspecified atom stereocenters. The predicted octanol–water partition coefficient (Wildman–Crippen LogP) is 3.57. The van der Waals surface area contributed by atoms with Crippen molar-refractivity contribution >= 4 is 17.4 Å². The smallest absolute Gasteiger partial charge is 0.301 e. The molecular weight excluding hydrogens is 331 g/mol. The van der Waals surface area contributed by atoms with Crippen LogP contribution < -0.4 is 9.80 Å². The van der Waals surface area contributed by atoms with Crippen LogP contribution in [0.5, 0.6) is 0 Å². The first-order valence-electron chi connectivity index (χ1n) is 9.11. The van der Waals surface area contributed by atoms with Crippen LogP contribution in [-0.4, -0.2) is 41.6 Å². The topological polar surface area (TPSA) is 39.7 Å². The van der Waals surface area contributed by atoms with Gasteiger partial charge in [0.25, 0.3) is 0 Å². The number of likely N-dealkylation sites (N-methyl/N-ethyl adjacent to an activating group) is 1. The number of fused-ring (bicyclic) bond motifs is 1. The minimum absolute atomic E-state index is 0.0958. The highest BCUT2D eigenvalue weighted by Gasteiger charge is 2.39. The van der Waals surface area contributed by atoms with Gasteiger partial charge in [-0.1, -0.05) is 19.1 Å². The minimum Gasteiger partial charge on any atom is -0.301 e. The fourth-order valence-corrected chi connectivity index (χ4v) is 4.05. The lowest BCUT2D eigenvalue weighted by atomic mass is 10.1. The number of rotatable bonds is 3. The van der Waals surface area contributed by atoms with Crippen molar-refractivity contribution in [3.05, 3.63) is 53.6 Å². The third kappa shape index (κ3) is 2.74. The van der Waals surface area contributed by atoms with Crippen LogP contribution in [0.25, 0.3) is 0 Å². The Bertz CT molecular complexity index is 820. The van der Waals surface area contributed by atoms with E-state index >= 15 is 0 Å². The molecule has 1 saturated heterocycles. The summed E-state index contributed by atoms with van der Waals surface area (Å²) in [5, 5.41) is 0. The first-order valence-corrected chi connectivity index (χ1v) is 9.11. The molecule has 1 aromatic carbocycles. The van der Waals surface area contributed by atoms with E-state index in [1.807, 2.05) is 24.0 Å². The molecule has 5 nitrogen and oxygen atoms in total. The zero-order valence-corrected chi connectivity index (χ0v) is 15.2. The molecule has 4 rings (SSSR count). The summed E-state index contributed by atoms with van der Waals surface area (Å²) in [6.07, 6.45) is 4.42. The van der Waals surface area contributed by atoms with Gasteiger partial charge < -0.3 is 4.90 Å². The van der Waals surface area contributed by atoms with Crippen molar-refractivity contribution < 1.29 is 9.18 Å². The number of urea groups is 1. The number of benzene rings is 1. The number of carbonyl (C=O) groups is 1. The van der Waals surface area contributed by atoms with E-state index in [1.165, 1.54) is 6.07 Å². The highest BCUT2D eigenvalue weighted by Crippen LogP contribution is 2.36. The van der Waals surface area contributed by atoms with E-state index in [0.717, 1.165) is 42.9 Å². The second-order valence-electron chi connectivity index (χ2n) is 6.98. The molecule has 0 saturated carbocycles. The molecule has 0 bridgehead atoms. The fourth-order valence-electron chi connectivity index (χ4n) is 4.05. The molecule has 2 amide bonds. The Morgan fingerprint density at radius 1 is 1.31 bits per heavy atom. The predicted molar refractivity (Wildman–Crippen MR) is 100.0 cm³/mol. The largest absolute Gasteiger partial charge is 0.329 e. The standard InChI is InChI=1S/C20H23FN4O/c1-3-23-10-8-16(13-23)25-18-7-9-22-11-15(18)12-24(20(25)26)19-14(2)5-4-6-17(19)21/h4-7,9,11,16H,3,8,10,12-13H2,1-2H3. The zero-order valence-electron chi connectivity index (χ0n) is 15.2. The van der Waals surface area contributed by atoms with Crippen molar-refractivity contribution in [1.29, 1.82) is 0 Å². The summed E-state index contributed by atoms with van der Waals surface area (Å²) in [7, 11) is 0. The van der Waals surface area contributed by atoms with E-state index in [2.05, 4.69) is 16.8 Å². The number of anilines is 2. The maximum atomic E-state index is 14.6. The normalized spacial score (nSPS) is 20.6. The van der Waals surface area contributed by atoms with Crippen molar-refractivity contribution in [1.82, 2.24) is 9.88 Å². The lowest BCUT2D eigenvalue weighted by molar-refractivity contribution is 0.247. The van der Waals surface area contributed by atoms with Gasteiger partial charge in [0.05, 0.1) is 24.0 Å². The Morgan fingerprint density at radius 3 is 2.88 bits per heavy atom. The number of hydrogen-bond donors (Lipinski definition) is 0. The van der Waals surface area contributed by atoms with Crippen molar-refractivity contribution in [2.75, 3.05) is 29.4 Å². The lowest BCUT2D eigenvalue weighted by Gasteiger charge is -2.40. The number of nitrogens with zero attached hydrogens (tertiary/aromatic N) is 4. The Morgan fingerprint density at radius 2 is 2.15 bits per heavy atom. The zero-order chi connectivity index (χ0) is 18.3. The molecule has 136 valence electrons. The summed E-state index contributed by atoms with van der Waals surface area (Å²) < 4.78 is 14.6. The molecule has 0 aliphatic carbocycles. The van der Waals surface area contributed by atoms with E-state index < -0.39 is 0 Å². The number of para-hydroxylation sites is 1. The number of amides is 2. The Balaban J connectivity index is 1.77. The molecule has 0 spiro atoms. The number of aryl methyl sites for hydroxylation is 1. The van der Waals surface area contributed by atoms with Gasteiger partial charge >= 0.3 is 6.03 Å². The van der Waals surface area contributed by atoms with Crippen LogP contribution in [0.4, 0.5) is 20.6 Å². The van der Waals surface area contributed by atoms with Gasteiger partial charge in [-0.05, 0) is 37.6 Å². The van der Waals surface area contributed by atoms with Crippen LogP contribution in [0.1, 0.15) is 24.5 Å². The van der Waals surface area contributed by atoms with Crippen molar-refractivity contribution in [3.63, 3.8) is 0 Å². The van der Waals surface area contributed by atoms with Crippen LogP contribution in [0.3, 0.4) is 0 Å². The van der Waals surface area contributed by atoms with Gasteiger partial charge in [0.2, 0.25) is 0 Å². The Hall–Kier alpha value is -2.47. The molecule has 1 fully saturated rings. The first kappa shape index (κ1) is 17.0. The van der Waals surface area contributed by atoms with Gasteiger partial charge in [0.15, 0.2) is 0 Å². The third-order valence-corrected chi connectivity index (χ3v) is 5.42. The maximum absolute atomic E-state index is 14.6. The average molecular weight is 354 g/mol. The minimum atomic E-state index is -0.368. The third-order valence-electron chi connectivity index (χ3n) is 5.42. The van der Waals surface area contributed by atoms with E-state index in [9.17, 15) is 9.18 Å². The van der Waals surface area contributed by atoms with Gasteiger partial charge in [-0.15, -0.1) is 0 Å². The van der Waals surface area contributed by atoms with Crippen molar-refractivity contribution in [3.8, 4) is 0 Å². The second kappa shape index (κ2) is 6.68. The van der Waals surface area contributed by atoms with E-state index in [0.29, 0.717) is 12.2 Å². The van der Waals surface area contributed by atoms with Gasteiger partial charge in [-0.2, -0.15) is 0 Å². The van der Waals surface area contributed by atoms with Crippen LogP contribution in [0, 0.1) is 12.7 Å². The van der Waals surface area contributed by atoms with Gasteiger partial charge in [-0.25, -0.2) is 9.18 Å². The van der Waals surface area contributed by atoms with Crippen molar-refractivity contribution in [2.45, 2.75) is 32.9 Å². The van der Waals surface area contributed by atoms with E-state index in [4.69, 9.17) is 0 Å². The highest BCUT2D eigenvalue weighted by atomic mass is 19.1. The molecule has 0 N–H and O–H groups in total. The molecule has 1 atom stereocenters. The molecule has 26 heavy (non-hydrogen) atoms. The van der Waals surface area contributed by atoms with Crippen LogP contribution in [0.2, 0.25) is 0 Å². The van der Waals surface area contributed by atoms with Crippen LogP contribution in [0.15, 0.2) is 36.7 Å². The molecule has 3 heterocycles. The molecule has 2 aromatic rings. The van der Waals surface area contributed by atoms with Gasteiger partial charge in [0.1, 0.15) is 5.82 Å². The number of likely N-dealkylation sites (tertiary alicyclic amines) is 1. The first-order chi connectivity index (χ1) is 12.6. The summed E-state index contributed by atoms with van der Waals surface area (Å²) in [6, 6.07) is 6.76. The summed E-state index contributed by atoms with van der Waals surface area (Å²) in [5.74, 6) is -0.368. The molecule has 2 aliphatic rings.